The van der Waals surface area contributed by atoms with Crippen LogP contribution in [-0.2, 0) is 4.79 Å². The first-order valence-corrected chi connectivity index (χ1v) is 9.99. The molecule has 22 heavy (non-hydrogen) atoms. The average molecular weight is 302 g/mol. The summed E-state index contributed by atoms with van der Waals surface area (Å²) < 4.78 is 0. The number of carbonyl (C=O) groups is 1. The van der Waals surface area contributed by atoms with Gasteiger partial charge in [0.15, 0.2) is 0 Å². The van der Waals surface area contributed by atoms with Gasteiger partial charge in [-0.05, 0) is 78.9 Å². The molecule has 0 aliphatic heterocycles. The summed E-state index contributed by atoms with van der Waals surface area (Å²) in [5.74, 6) is 10.0. The lowest BCUT2D eigenvalue weighted by atomic mass is 9.20. The lowest BCUT2D eigenvalue weighted by Crippen LogP contribution is -2.80. The number of rotatable bonds is 8. The van der Waals surface area contributed by atoms with E-state index >= 15 is 0 Å². The van der Waals surface area contributed by atoms with Crippen LogP contribution in [0.25, 0.3) is 0 Å². The summed E-state index contributed by atoms with van der Waals surface area (Å²) in [6, 6.07) is 0. The van der Waals surface area contributed by atoms with Crippen LogP contribution < -0.4 is 0 Å². The van der Waals surface area contributed by atoms with E-state index in [1.54, 1.807) is 19.3 Å². The van der Waals surface area contributed by atoms with Crippen LogP contribution in [0.2, 0.25) is 0 Å². The van der Waals surface area contributed by atoms with Gasteiger partial charge in [0.2, 0.25) is 0 Å². The van der Waals surface area contributed by atoms with Gasteiger partial charge in [-0.15, -0.1) is 0 Å². The SMILES string of the molecule is O=C(O)CCCCCCC[C@H]1CC2C3C4C5CCC5C4C3C21. The molecule has 122 valence electrons. The van der Waals surface area contributed by atoms with Gasteiger partial charge in [0.1, 0.15) is 0 Å². The largest absolute Gasteiger partial charge is 0.481 e. The van der Waals surface area contributed by atoms with Crippen molar-refractivity contribution in [3.05, 3.63) is 0 Å². The molecule has 0 aromatic heterocycles. The molecule has 2 nitrogen and oxygen atoms in total. The Balaban J connectivity index is 0.995. The van der Waals surface area contributed by atoms with E-state index < -0.39 is 5.97 Å². The molecule has 5 aliphatic rings. The lowest BCUT2D eigenvalue weighted by Gasteiger charge is -2.85. The van der Waals surface area contributed by atoms with Crippen molar-refractivity contribution in [1.82, 2.24) is 0 Å². The number of carboxylic acids is 1. The normalized spacial score (nSPS) is 52.3. The van der Waals surface area contributed by atoms with Gasteiger partial charge >= 0.3 is 5.97 Å². The molecule has 1 N–H and O–H groups in total. The number of carboxylic acid groups (broad SMARTS) is 1. The van der Waals surface area contributed by atoms with E-state index in [2.05, 4.69) is 0 Å². The predicted octanol–water partition coefficient (Wildman–Crippen LogP) is 4.59. The molecule has 5 aliphatic carbocycles. The summed E-state index contributed by atoms with van der Waals surface area (Å²) in [6.07, 6.45) is 12.5. The van der Waals surface area contributed by atoms with E-state index in [-0.39, 0.29) is 0 Å². The van der Waals surface area contributed by atoms with Crippen molar-refractivity contribution in [3.63, 3.8) is 0 Å². The first kappa shape index (κ1) is 13.9. The van der Waals surface area contributed by atoms with Gasteiger partial charge < -0.3 is 5.11 Å². The topological polar surface area (TPSA) is 37.3 Å². The quantitative estimate of drug-likeness (QED) is 0.526. The van der Waals surface area contributed by atoms with Crippen LogP contribution in [0.15, 0.2) is 0 Å². The number of hydrogen-bond donors (Lipinski definition) is 1. The summed E-state index contributed by atoms with van der Waals surface area (Å²) in [6.45, 7) is 0. The summed E-state index contributed by atoms with van der Waals surface area (Å²) in [4.78, 5) is 10.5. The van der Waals surface area contributed by atoms with Crippen LogP contribution >= 0.6 is 0 Å². The van der Waals surface area contributed by atoms with Crippen LogP contribution in [0.4, 0.5) is 0 Å². The van der Waals surface area contributed by atoms with E-state index in [9.17, 15) is 4.79 Å². The molecule has 8 unspecified atom stereocenters. The van der Waals surface area contributed by atoms with Crippen molar-refractivity contribution in [2.45, 2.75) is 64.2 Å². The first-order chi connectivity index (χ1) is 10.8. The van der Waals surface area contributed by atoms with E-state index in [1.807, 2.05) is 0 Å². The second-order valence-corrected chi connectivity index (χ2v) is 9.15. The van der Waals surface area contributed by atoms with Crippen LogP contribution in [-0.4, -0.2) is 11.1 Å². The molecule has 0 amide bonds. The summed E-state index contributed by atoms with van der Waals surface area (Å²) in [5.41, 5.74) is 0. The Morgan fingerprint density at radius 1 is 0.773 bits per heavy atom. The van der Waals surface area contributed by atoms with E-state index in [0.29, 0.717) is 6.42 Å². The monoisotopic (exact) mass is 302 g/mol. The Morgan fingerprint density at radius 2 is 1.41 bits per heavy atom. The van der Waals surface area contributed by atoms with Gasteiger partial charge in [-0.2, -0.15) is 0 Å². The Morgan fingerprint density at radius 3 is 2.14 bits per heavy atom. The van der Waals surface area contributed by atoms with E-state index in [4.69, 9.17) is 5.11 Å². The third kappa shape index (κ3) is 1.70. The Bertz CT molecular complexity index is 466. The third-order valence-electron chi connectivity index (χ3n) is 8.67. The standard InChI is InChI=1S/C20H30O2/c21-15(22)7-5-3-1-2-4-6-11-10-14-16(11)20-18-13-9-8-12(13)17(18)19(14)20/h11-14,16-20H,1-10H2,(H,21,22)/t11-,12?,13?,14?,16?,17?,18?,19?,20?/m0/s1. The molecule has 0 aromatic carbocycles. The Labute approximate surface area is 134 Å². The predicted molar refractivity (Wildman–Crippen MR) is 85.2 cm³/mol. The second-order valence-electron chi connectivity index (χ2n) is 9.15. The molecular formula is C20H30O2. The van der Waals surface area contributed by atoms with Gasteiger partial charge in [-0.1, -0.05) is 32.1 Å². The molecule has 0 radical (unpaired) electrons. The Kier molecular flexibility index (Phi) is 3.14. The molecule has 5 fully saturated rings. The summed E-state index contributed by atoms with van der Waals surface area (Å²) >= 11 is 0. The van der Waals surface area contributed by atoms with Crippen LogP contribution in [0.1, 0.15) is 64.2 Å². The van der Waals surface area contributed by atoms with Crippen molar-refractivity contribution in [2.24, 2.45) is 53.3 Å². The van der Waals surface area contributed by atoms with Gasteiger partial charge in [0, 0.05) is 6.42 Å². The second kappa shape index (κ2) is 4.98. The highest BCUT2D eigenvalue weighted by atomic mass is 16.4. The van der Waals surface area contributed by atoms with Crippen LogP contribution in [0, 0.1) is 53.3 Å². The minimum Gasteiger partial charge on any atom is -0.481 e. The Hall–Kier alpha value is -0.530. The van der Waals surface area contributed by atoms with Crippen LogP contribution in [0.5, 0.6) is 0 Å². The van der Waals surface area contributed by atoms with Crippen LogP contribution in [0.3, 0.4) is 0 Å². The number of unbranched alkanes of at least 4 members (excludes halogenated alkanes) is 4. The fraction of sp³-hybridized carbons (Fsp3) is 0.950. The van der Waals surface area contributed by atoms with Gasteiger partial charge in [-0.3, -0.25) is 4.79 Å². The fourth-order valence-electron chi connectivity index (χ4n) is 7.68. The fourth-order valence-corrected chi connectivity index (χ4v) is 7.68. The van der Waals surface area contributed by atoms with E-state index in [0.717, 1.165) is 18.8 Å². The van der Waals surface area contributed by atoms with Gasteiger partial charge in [-0.25, -0.2) is 0 Å². The van der Waals surface area contributed by atoms with Crippen molar-refractivity contribution in [2.75, 3.05) is 0 Å². The molecule has 0 bridgehead atoms. The molecule has 2 heteroatoms. The summed E-state index contributed by atoms with van der Waals surface area (Å²) in [5, 5.41) is 8.62. The molecule has 9 atom stereocenters. The third-order valence-corrected chi connectivity index (χ3v) is 8.67. The summed E-state index contributed by atoms with van der Waals surface area (Å²) in [7, 11) is 0. The first-order valence-electron chi connectivity index (χ1n) is 9.99. The maximum atomic E-state index is 10.5. The van der Waals surface area contributed by atoms with Crippen molar-refractivity contribution in [3.8, 4) is 0 Å². The maximum Gasteiger partial charge on any atom is 0.303 e. The zero-order chi connectivity index (χ0) is 14.8. The van der Waals surface area contributed by atoms with Gasteiger partial charge in [0.05, 0.1) is 0 Å². The molecule has 0 saturated heterocycles. The van der Waals surface area contributed by atoms with Crippen molar-refractivity contribution in [1.29, 1.82) is 0 Å². The highest BCUT2D eigenvalue weighted by molar-refractivity contribution is 5.66. The number of fused-ring (bicyclic) bond motifs is 10. The van der Waals surface area contributed by atoms with Crippen molar-refractivity contribution < 1.29 is 9.90 Å². The molecule has 0 spiro atoms. The number of aliphatic carboxylic acids is 1. The minimum atomic E-state index is -0.636. The average Bonchev–Trinajstić information content (AvgIpc) is 2.44. The smallest absolute Gasteiger partial charge is 0.303 e. The zero-order valence-electron chi connectivity index (χ0n) is 13.6. The molecule has 0 heterocycles. The highest BCUT2D eigenvalue weighted by Crippen LogP contribution is 2.84. The lowest BCUT2D eigenvalue weighted by molar-refractivity contribution is -0.375. The molecule has 5 saturated carbocycles. The van der Waals surface area contributed by atoms with E-state index in [1.165, 1.54) is 73.0 Å². The highest BCUT2D eigenvalue weighted by Gasteiger charge is 2.79. The number of hydrogen-bond acceptors (Lipinski definition) is 1. The molecule has 5 rings (SSSR count). The van der Waals surface area contributed by atoms with Gasteiger partial charge in [0.25, 0.3) is 0 Å². The molecule has 0 aromatic rings. The van der Waals surface area contributed by atoms with Crippen molar-refractivity contribution >= 4 is 5.97 Å². The minimum absolute atomic E-state index is 0.361. The zero-order valence-corrected chi connectivity index (χ0v) is 13.6. The maximum absolute atomic E-state index is 10.5. The molecular weight excluding hydrogens is 272 g/mol.